The van der Waals surface area contributed by atoms with Crippen molar-refractivity contribution < 1.29 is 0 Å². The molecule has 0 atom stereocenters. The number of likely N-dealkylation sites (tertiary alicyclic amines) is 1. The van der Waals surface area contributed by atoms with Gasteiger partial charge in [0.2, 0.25) is 5.16 Å². The lowest BCUT2D eigenvalue weighted by atomic mass is 10.1. The van der Waals surface area contributed by atoms with Crippen LogP contribution in [0.1, 0.15) is 25.7 Å². The third-order valence-electron chi connectivity index (χ3n) is 2.79. The molecule has 0 saturated carbocycles. The molecule has 2 rings (SSSR count). The Morgan fingerprint density at radius 2 is 1.93 bits per heavy atom. The summed E-state index contributed by atoms with van der Waals surface area (Å²) in [4.78, 5) is 2.51. The highest BCUT2D eigenvalue weighted by Crippen LogP contribution is 2.09. The molecule has 1 aromatic rings. The second-order valence-corrected chi connectivity index (χ2v) is 4.31. The van der Waals surface area contributed by atoms with Crippen LogP contribution in [0.5, 0.6) is 0 Å². The van der Waals surface area contributed by atoms with E-state index in [4.69, 9.17) is 12.6 Å². The SMILES string of the molecule is [S]c1nnnn1CCCN1CCCCC1. The molecule has 0 spiro atoms. The van der Waals surface area contributed by atoms with Crippen LogP contribution in [0.2, 0.25) is 0 Å². The summed E-state index contributed by atoms with van der Waals surface area (Å²) in [5.41, 5.74) is 0. The molecule has 15 heavy (non-hydrogen) atoms. The van der Waals surface area contributed by atoms with Crippen molar-refractivity contribution in [3.63, 3.8) is 0 Å². The minimum Gasteiger partial charge on any atom is -0.303 e. The third kappa shape index (κ3) is 3.10. The molecule has 0 N–H and O–H groups in total. The van der Waals surface area contributed by atoms with Crippen molar-refractivity contribution in [3.05, 3.63) is 0 Å². The van der Waals surface area contributed by atoms with E-state index in [9.17, 15) is 0 Å². The van der Waals surface area contributed by atoms with Gasteiger partial charge in [0.1, 0.15) is 0 Å². The van der Waals surface area contributed by atoms with Crippen LogP contribution in [0, 0.1) is 0 Å². The maximum absolute atomic E-state index is 4.97. The fourth-order valence-corrected chi connectivity index (χ4v) is 2.13. The Balaban J connectivity index is 1.68. The fourth-order valence-electron chi connectivity index (χ4n) is 1.96. The van der Waals surface area contributed by atoms with E-state index in [-0.39, 0.29) is 0 Å². The smallest absolute Gasteiger partial charge is 0.240 e. The van der Waals surface area contributed by atoms with Crippen LogP contribution in [0.15, 0.2) is 5.16 Å². The zero-order chi connectivity index (χ0) is 10.5. The van der Waals surface area contributed by atoms with Gasteiger partial charge < -0.3 is 4.90 Å². The maximum atomic E-state index is 4.97. The molecule has 1 radical (unpaired) electrons. The van der Waals surface area contributed by atoms with E-state index in [2.05, 4.69) is 20.4 Å². The Labute approximate surface area is 95.2 Å². The van der Waals surface area contributed by atoms with Gasteiger partial charge in [-0.1, -0.05) is 11.5 Å². The lowest BCUT2D eigenvalue weighted by molar-refractivity contribution is 0.220. The first-order valence-electron chi connectivity index (χ1n) is 5.52. The molecule has 5 nitrogen and oxygen atoms in total. The molecule has 0 aliphatic carbocycles. The first kappa shape index (κ1) is 10.8. The largest absolute Gasteiger partial charge is 0.303 e. The van der Waals surface area contributed by atoms with Crippen molar-refractivity contribution in [3.8, 4) is 0 Å². The summed E-state index contributed by atoms with van der Waals surface area (Å²) in [5.74, 6) is 0. The summed E-state index contributed by atoms with van der Waals surface area (Å²) in [6.07, 6.45) is 5.16. The van der Waals surface area contributed by atoms with Crippen molar-refractivity contribution in [2.24, 2.45) is 0 Å². The molecule has 1 saturated heterocycles. The number of hydrogen-bond acceptors (Lipinski definition) is 4. The van der Waals surface area contributed by atoms with E-state index in [1.54, 1.807) is 4.68 Å². The molecular weight excluding hydrogens is 210 g/mol. The highest BCUT2D eigenvalue weighted by atomic mass is 32.1. The van der Waals surface area contributed by atoms with Crippen molar-refractivity contribution in [2.75, 3.05) is 19.6 Å². The van der Waals surface area contributed by atoms with Crippen LogP contribution < -0.4 is 0 Å². The summed E-state index contributed by atoms with van der Waals surface area (Å²) < 4.78 is 1.69. The van der Waals surface area contributed by atoms with Crippen LogP contribution in [0.4, 0.5) is 0 Å². The molecule has 83 valence electrons. The normalized spacial score (nSPS) is 18.1. The van der Waals surface area contributed by atoms with E-state index in [0.29, 0.717) is 5.16 Å². The lowest BCUT2D eigenvalue weighted by Gasteiger charge is -2.26. The summed E-state index contributed by atoms with van der Waals surface area (Å²) >= 11 is 4.97. The average Bonchev–Trinajstić information content (AvgIpc) is 2.66. The first-order valence-corrected chi connectivity index (χ1v) is 5.92. The fraction of sp³-hybridized carbons (Fsp3) is 0.889. The number of tetrazole rings is 1. The Kier molecular flexibility index (Phi) is 3.85. The molecule has 6 heteroatoms. The van der Waals surface area contributed by atoms with E-state index < -0.39 is 0 Å². The van der Waals surface area contributed by atoms with Gasteiger partial charge in [0, 0.05) is 6.54 Å². The Morgan fingerprint density at radius 1 is 1.13 bits per heavy atom. The topological polar surface area (TPSA) is 46.8 Å². The van der Waals surface area contributed by atoms with E-state index in [1.165, 1.54) is 32.4 Å². The van der Waals surface area contributed by atoms with Crippen molar-refractivity contribution >= 4 is 12.6 Å². The van der Waals surface area contributed by atoms with Gasteiger partial charge in [-0.2, -0.15) is 0 Å². The quantitative estimate of drug-likeness (QED) is 0.771. The zero-order valence-corrected chi connectivity index (χ0v) is 9.62. The van der Waals surface area contributed by atoms with Crippen molar-refractivity contribution in [1.29, 1.82) is 0 Å². The number of hydrogen-bond donors (Lipinski definition) is 0. The number of aryl methyl sites for hydroxylation is 1. The predicted molar refractivity (Wildman–Crippen MR) is 58.6 cm³/mol. The molecule has 0 aromatic carbocycles. The van der Waals surface area contributed by atoms with Gasteiger partial charge in [0.15, 0.2) is 0 Å². The highest BCUT2D eigenvalue weighted by Gasteiger charge is 2.09. The monoisotopic (exact) mass is 226 g/mol. The van der Waals surface area contributed by atoms with Crippen LogP contribution in [0.3, 0.4) is 0 Å². The number of piperidine rings is 1. The highest BCUT2D eigenvalue weighted by molar-refractivity contribution is 7.80. The number of nitrogens with zero attached hydrogens (tertiary/aromatic N) is 5. The van der Waals surface area contributed by atoms with Gasteiger partial charge in [-0.15, -0.1) is 0 Å². The molecule has 1 aliphatic heterocycles. The molecule has 2 heterocycles. The van der Waals surface area contributed by atoms with Crippen LogP contribution in [-0.4, -0.2) is 44.7 Å². The maximum Gasteiger partial charge on any atom is 0.240 e. The minimum absolute atomic E-state index is 0.494. The molecular formula is C9H16N5S. The van der Waals surface area contributed by atoms with Gasteiger partial charge >= 0.3 is 0 Å². The summed E-state index contributed by atoms with van der Waals surface area (Å²) in [6, 6.07) is 0. The first-order chi connectivity index (χ1) is 7.36. The second-order valence-electron chi connectivity index (χ2n) is 3.94. The van der Waals surface area contributed by atoms with Gasteiger partial charge in [-0.25, -0.2) is 4.68 Å². The molecule has 1 aliphatic rings. The van der Waals surface area contributed by atoms with E-state index in [1.807, 2.05) is 0 Å². The number of rotatable bonds is 4. The standard InChI is InChI=1S/C9H16N5S/c15-9-10-11-12-14(9)8-4-7-13-5-2-1-3-6-13/h1-8H2. The van der Waals surface area contributed by atoms with Gasteiger partial charge in [-0.3, -0.25) is 0 Å². The Hall–Kier alpha value is -0.750. The number of aromatic nitrogens is 4. The molecule has 0 amide bonds. The van der Waals surface area contributed by atoms with Crippen LogP contribution in [-0.2, 0) is 6.54 Å². The van der Waals surface area contributed by atoms with Gasteiger partial charge in [-0.05, 0) is 62.0 Å². The Morgan fingerprint density at radius 3 is 2.60 bits per heavy atom. The molecule has 1 aromatic heterocycles. The lowest BCUT2D eigenvalue weighted by Crippen LogP contribution is -2.31. The third-order valence-corrected chi connectivity index (χ3v) is 3.08. The van der Waals surface area contributed by atoms with E-state index >= 15 is 0 Å². The second kappa shape index (κ2) is 5.37. The van der Waals surface area contributed by atoms with E-state index in [0.717, 1.165) is 19.5 Å². The predicted octanol–water partition coefficient (Wildman–Crippen LogP) is 1.11. The van der Waals surface area contributed by atoms with Gasteiger partial charge in [0.25, 0.3) is 0 Å². The molecule has 0 unspecified atom stereocenters. The summed E-state index contributed by atoms with van der Waals surface area (Å²) in [5, 5.41) is 11.5. The van der Waals surface area contributed by atoms with Crippen LogP contribution >= 0.6 is 12.6 Å². The van der Waals surface area contributed by atoms with Crippen LogP contribution in [0.25, 0.3) is 0 Å². The van der Waals surface area contributed by atoms with Crippen molar-refractivity contribution in [1.82, 2.24) is 25.1 Å². The van der Waals surface area contributed by atoms with Gasteiger partial charge in [0.05, 0.1) is 0 Å². The Bertz CT molecular complexity index is 294. The zero-order valence-electron chi connectivity index (χ0n) is 8.80. The molecule has 1 fully saturated rings. The minimum atomic E-state index is 0.494. The molecule has 0 bridgehead atoms. The average molecular weight is 226 g/mol. The summed E-state index contributed by atoms with van der Waals surface area (Å²) in [7, 11) is 0. The van der Waals surface area contributed by atoms with Crippen molar-refractivity contribution in [2.45, 2.75) is 37.4 Å². The summed E-state index contributed by atoms with van der Waals surface area (Å²) in [6.45, 7) is 4.46.